The lowest BCUT2D eigenvalue weighted by atomic mass is 9.93. The number of hydrogen-bond donors (Lipinski definition) is 1. The van der Waals surface area contributed by atoms with Gasteiger partial charge in [0.2, 0.25) is 0 Å². The lowest BCUT2D eigenvalue weighted by Gasteiger charge is -2.37. The third-order valence-electron chi connectivity index (χ3n) is 4.12. The summed E-state index contributed by atoms with van der Waals surface area (Å²) in [6.07, 6.45) is 8.94. The van der Waals surface area contributed by atoms with Gasteiger partial charge in [-0.2, -0.15) is 0 Å². The first-order valence-corrected chi connectivity index (χ1v) is 7.45. The van der Waals surface area contributed by atoms with Gasteiger partial charge < -0.3 is 15.4 Å². The van der Waals surface area contributed by atoms with Crippen LogP contribution >= 0.6 is 0 Å². The Bertz CT molecular complexity index is 259. The largest absolute Gasteiger partial charge is 0.368 e. The second-order valence-corrected chi connectivity index (χ2v) is 5.47. The van der Waals surface area contributed by atoms with Gasteiger partial charge in [0, 0.05) is 25.7 Å². The van der Waals surface area contributed by atoms with Crippen molar-refractivity contribution in [2.75, 3.05) is 19.7 Å². The molecule has 2 fully saturated rings. The molecular weight excluding hydrogens is 228 g/mol. The Morgan fingerprint density at radius 1 is 1.11 bits per heavy atom. The predicted octanol–water partition coefficient (Wildman–Crippen LogP) is 1.68. The van der Waals surface area contributed by atoms with Crippen molar-refractivity contribution in [3.63, 3.8) is 0 Å². The number of hydrogen-bond acceptors (Lipinski definition) is 3. The van der Waals surface area contributed by atoms with Gasteiger partial charge in [0.1, 0.15) is 6.10 Å². The van der Waals surface area contributed by atoms with Gasteiger partial charge in [-0.15, -0.1) is 0 Å². The van der Waals surface area contributed by atoms with Crippen LogP contribution in [0, 0.1) is 0 Å². The number of carbonyl (C=O) groups excluding carboxylic acids is 1. The van der Waals surface area contributed by atoms with Crippen LogP contribution in [-0.2, 0) is 9.53 Å². The molecule has 1 atom stereocenters. The van der Waals surface area contributed by atoms with Crippen LogP contribution in [0.25, 0.3) is 0 Å². The zero-order valence-corrected chi connectivity index (χ0v) is 11.3. The van der Waals surface area contributed by atoms with E-state index >= 15 is 0 Å². The minimum atomic E-state index is -0.202. The van der Waals surface area contributed by atoms with Crippen LogP contribution in [0.4, 0.5) is 0 Å². The smallest absolute Gasteiger partial charge is 0.251 e. The molecule has 0 bridgehead atoms. The maximum absolute atomic E-state index is 12.5. The number of carbonyl (C=O) groups is 1. The molecule has 1 aliphatic carbocycles. The van der Waals surface area contributed by atoms with Crippen LogP contribution in [-0.4, -0.2) is 42.6 Å². The molecule has 18 heavy (non-hydrogen) atoms. The molecule has 1 unspecified atom stereocenters. The van der Waals surface area contributed by atoms with E-state index in [-0.39, 0.29) is 12.0 Å². The van der Waals surface area contributed by atoms with E-state index in [1.165, 1.54) is 19.3 Å². The molecule has 1 amide bonds. The van der Waals surface area contributed by atoms with Crippen molar-refractivity contribution in [1.82, 2.24) is 4.90 Å². The lowest BCUT2D eigenvalue weighted by Crippen LogP contribution is -2.49. The van der Waals surface area contributed by atoms with Gasteiger partial charge in [-0.25, -0.2) is 0 Å². The molecule has 1 saturated carbocycles. The summed E-state index contributed by atoms with van der Waals surface area (Å²) >= 11 is 0. The fourth-order valence-electron chi connectivity index (χ4n) is 3.12. The number of amides is 1. The Morgan fingerprint density at radius 2 is 1.83 bits per heavy atom. The van der Waals surface area contributed by atoms with Crippen LogP contribution in [0.1, 0.15) is 51.4 Å². The Hall–Kier alpha value is -0.610. The molecule has 4 nitrogen and oxygen atoms in total. The van der Waals surface area contributed by atoms with E-state index in [1.807, 2.05) is 4.90 Å². The monoisotopic (exact) mass is 254 g/mol. The van der Waals surface area contributed by atoms with Gasteiger partial charge in [-0.05, 0) is 32.1 Å². The topological polar surface area (TPSA) is 55.6 Å². The highest BCUT2D eigenvalue weighted by Crippen LogP contribution is 2.24. The molecule has 0 spiro atoms. The Labute approximate surface area is 110 Å². The average molecular weight is 254 g/mol. The molecule has 0 radical (unpaired) electrons. The first kappa shape index (κ1) is 13.8. The highest BCUT2D eigenvalue weighted by atomic mass is 16.5. The van der Waals surface area contributed by atoms with Crippen LogP contribution in [0.15, 0.2) is 0 Å². The Kier molecular flexibility index (Phi) is 5.45. The maximum atomic E-state index is 12.5. The molecule has 1 aliphatic heterocycles. The molecule has 1 saturated heterocycles. The van der Waals surface area contributed by atoms with Crippen LogP contribution in [0.5, 0.6) is 0 Å². The number of nitrogens with two attached hydrogens (primary N) is 1. The van der Waals surface area contributed by atoms with Gasteiger partial charge in [0.15, 0.2) is 0 Å². The minimum absolute atomic E-state index is 0.187. The van der Waals surface area contributed by atoms with Crippen molar-refractivity contribution in [3.8, 4) is 0 Å². The molecule has 0 aromatic rings. The normalized spacial score (nSPS) is 25.9. The maximum Gasteiger partial charge on any atom is 0.251 e. The quantitative estimate of drug-likeness (QED) is 0.830. The van der Waals surface area contributed by atoms with Crippen molar-refractivity contribution in [2.45, 2.75) is 63.5 Å². The van der Waals surface area contributed by atoms with Crippen molar-refractivity contribution < 1.29 is 9.53 Å². The summed E-state index contributed by atoms with van der Waals surface area (Å²) in [6.45, 7) is 1.97. The lowest BCUT2D eigenvalue weighted by molar-refractivity contribution is -0.149. The predicted molar refractivity (Wildman–Crippen MR) is 71.2 cm³/mol. The second-order valence-electron chi connectivity index (χ2n) is 5.47. The van der Waals surface area contributed by atoms with Gasteiger partial charge in [-0.3, -0.25) is 4.79 Å². The van der Waals surface area contributed by atoms with Crippen molar-refractivity contribution in [3.05, 3.63) is 0 Å². The van der Waals surface area contributed by atoms with Crippen LogP contribution in [0.2, 0.25) is 0 Å². The van der Waals surface area contributed by atoms with E-state index in [0.29, 0.717) is 19.1 Å². The van der Waals surface area contributed by atoms with Gasteiger partial charge in [0.25, 0.3) is 5.91 Å². The Morgan fingerprint density at radius 3 is 2.44 bits per heavy atom. The molecule has 1 heterocycles. The molecule has 2 N–H and O–H groups in total. The molecular formula is C14H26N2O2. The molecule has 4 heteroatoms. The van der Waals surface area contributed by atoms with Gasteiger partial charge >= 0.3 is 0 Å². The van der Waals surface area contributed by atoms with E-state index in [9.17, 15) is 4.79 Å². The average Bonchev–Trinajstić information content (AvgIpc) is 2.46. The zero-order chi connectivity index (χ0) is 12.8. The summed E-state index contributed by atoms with van der Waals surface area (Å²) < 4.78 is 5.63. The molecule has 0 aromatic carbocycles. The standard InChI is InChI=1S/C14H26N2O2/c15-9-10-16(12-6-2-1-3-7-12)14(17)13-8-4-5-11-18-13/h12-13H,1-11,15H2. The number of nitrogens with zero attached hydrogens (tertiary/aromatic N) is 1. The minimum Gasteiger partial charge on any atom is -0.368 e. The third-order valence-corrected chi connectivity index (χ3v) is 4.12. The summed E-state index contributed by atoms with van der Waals surface area (Å²) in [4.78, 5) is 14.5. The summed E-state index contributed by atoms with van der Waals surface area (Å²) in [6, 6.07) is 0.403. The van der Waals surface area contributed by atoms with E-state index in [4.69, 9.17) is 10.5 Å². The summed E-state index contributed by atoms with van der Waals surface area (Å²) in [7, 11) is 0. The van der Waals surface area contributed by atoms with E-state index in [1.54, 1.807) is 0 Å². The van der Waals surface area contributed by atoms with Crippen molar-refractivity contribution in [1.29, 1.82) is 0 Å². The van der Waals surface area contributed by atoms with Crippen LogP contribution in [0.3, 0.4) is 0 Å². The van der Waals surface area contributed by atoms with E-state index in [2.05, 4.69) is 0 Å². The third kappa shape index (κ3) is 3.45. The fraction of sp³-hybridized carbons (Fsp3) is 0.929. The van der Waals surface area contributed by atoms with Crippen LogP contribution < -0.4 is 5.73 Å². The molecule has 2 rings (SSSR count). The van der Waals surface area contributed by atoms with Gasteiger partial charge in [0.05, 0.1) is 0 Å². The van der Waals surface area contributed by atoms with E-state index < -0.39 is 0 Å². The summed E-state index contributed by atoms with van der Waals surface area (Å²) in [5.41, 5.74) is 5.67. The summed E-state index contributed by atoms with van der Waals surface area (Å²) in [5, 5.41) is 0. The Balaban J connectivity index is 1.96. The van der Waals surface area contributed by atoms with Crippen molar-refractivity contribution in [2.24, 2.45) is 5.73 Å². The first-order chi connectivity index (χ1) is 8.83. The summed E-state index contributed by atoms with van der Waals surface area (Å²) in [5.74, 6) is 0.187. The molecule has 0 aromatic heterocycles. The van der Waals surface area contributed by atoms with Gasteiger partial charge in [-0.1, -0.05) is 19.3 Å². The molecule has 2 aliphatic rings. The van der Waals surface area contributed by atoms with E-state index in [0.717, 1.165) is 38.7 Å². The number of ether oxygens (including phenoxy) is 1. The second kappa shape index (κ2) is 7.10. The highest BCUT2D eigenvalue weighted by Gasteiger charge is 2.31. The highest BCUT2D eigenvalue weighted by molar-refractivity contribution is 5.81. The zero-order valence-electron chi connectivity index (χ0n) is 11.3. The molecule has 104 valence electrons. The number of rotatable bonds is 4. The SMILES string of the molecule is NCCN(C(=O)C1CCCCO1)C1CCCCC1. The fourth-order valence-corrected chi connectivity index (χ4v) is 3.12. The first-order valence-electron chi connectivity index (χ1n) is 7.45. The van der Waals surface area contributed by atoms with Crippen molar-refractivity contribution >= 4 is 5.91 Å².